The molecule has 0 bridgehead atoms. The highest BCUT2D eigenvalue weighted by Gasteiger charge is 2.21. The Labute approximate surface area is 168 Å². The van der Waals surface area contributed by atoms with Crippen LogP contribution in [-0.4, -0.2) is 45.9 Å². The molecule has 7 nitrogen and oxygen atoms in total. The summed E-state index contributed by atoms with van der Waals surface area (Å²) in [5.41, 5.74) is 2.57. The van der Waals surface area contributed by atoms with Crippen LogP contribution in [0.15, 0.2) is 47.3 Å². The van der Waals surface area contributed by atoms with E-state index in [0.29, 0.717) is 6.54 Å². The number of benzene rings is 1. The monoisotopic (exact) mass is 394 g/mol. The molecule has 29 heavy (non-hydrogen) atoms. The molecule has 1 saturated heterocycles. The molecule has 1 aliphatic rings. The Morgan fingerprint density at radius 2 is 1.52 bits per heavy atom. The molecule has 8 heteroatoms. The van der Waals surface area contributed by atoms with E-state index in [1.165, 1.54) is 22.9 Å². The maximum Gasteiger partial charge on any atom is 0.267 e. The predicted octanol–water partition coefficient (Wildman–Crippen LogP) is 2.16. The number of aryl methyl sites for hydroxylation is 2. The molecular formula is C21H23FN6O. The number of nitrogens with zero attached hydrogens (tertiary/aromatic N) is 6. The van der Waals surface area contributed by atoms with Gasteiger partial charge in [-0.25, -0.2) is 19.0 Å². The zero-order valence-corrected chi connectivity index (χ0v) is 16.5. The summed E-state index contributed by atoms with van der Waals surface area (Å²) in [5, 5.41) is 4.53. The van der Waals surface area contributed by atoms with Crippen molar-refractivity contribution < 1.29 is 4.39 Å². The van der Waals surface area contributed by atoms with E-state index in [9.17, 15) is 9.18 Å². The number of hydrogen-bond donors (Lipinski definition) is 0. The molecule has 1 aliphatic heterocycles. The van der Waals surface area contributed by atoms with E-state index in [1.54, 1.807) is 18.2 Å². The van der Waals surface area contributed by atoms with Gasteiger partial charge in [0.05, 0.1) is 6.54 Å². The molecule has 3 aromatic rings. The molecule has 1 fully saturated rings. The summed E-state index contributed by atoms with van der Waals surface area (Å²) in [6.07, 6.45) is 0. The average Bonchev–Trinajstić information content (AvgIpc) is 2.71. The minimum atomic E-state index is -0.298. The second-order valence-corrected chi connectivity index (χ2v) is 7.24. The zero-order valence-electron chi connectivity index (χ0n) is 16.5. The zero-order chi connectivity index (χ0) is 20.4. The summed E-state index contributed by atoms with van der Waals surface area (Å²) in [6, 6.07) is 11.4. The van der Waals surface area contributed by atoms with E-state index in [0.717, 1.165) is 54.9 Å². The number of aromatic nitrogens is 4. The molecule has 0 radical (unpaired) electrons. The topological polar surface area (TPSA) is 67.2 Å². The summed E-state index contributed by atoms with van der Waals surface area (Å²) < 4.78 is 14.5. The highest BCUT2D eigenvalue weighted by Crippen LogP contribution is 2.16. The van der Waals surface area contributed by atoms with Gasteiger partial charge in [-0.15, -0.1) is 0 Å². The van der Waals surface area contributed by atoms with Gasteiger partial charge in [-0.1, -0.05) is 12.1 Å². The van der Waals surface area contributed by atoms with Gasteiger partial charge in [-0.3, -0.25) is 4.79 Å². The molecule has 2 aromatic heterocycles. The normalized spacial score (nSPS) is 14.3. The van der Waals surface area contributed by atoms with Gasteiger partial charge in [0, 0.05) is 43.6 Å². The van der Waals surface area contributed by atoms with Crippen molar-refractivity contribution in [3.05, 3.63) is 75.6 Å². The molecule has 0 unspecified atom stereocenters. The van der Waals surface area contributed by atoms with Gasteiger partial charge in [0.2, 0.25) is 5.95 Å². The van der Waals surface area contributed by atoms with Crippen molar-refractivity contribution in [3.63, 3.8) is 0 Å². The van der Waals surface area contributed by atoms with E-state index < -0.39 is 0 Å². The van der Waals surface area contributed by atoms with Crippen LogP contribution in [-0.2, 0) is 6.54 Å². The largest absolute Gasteiger partial charge is 0.352 e. The Kier molecular flexibility index (Phi) is 5.24. The van der Waals surface area contributed by atoms with E-state index in [1.807, 2.05) is 19.9 Å². The van der Waals surface area contributed by atoms with Crippen LogP contribution in [0, 0.1) is 19.7 Å². The van der Waals surface area contributed by atoms with Crippen LogP contribution in [0.5, 0.6) is 0 Å². The summed E-state index contributed by atoms with van der Waals surface area (Å²) in [5.74, 6) is 1.22. The first-order valence-corrected chi connectivity index (χ1v) is 9.63. The van der Waals surface area contributed by atoms with E-state index in [2.05, 4.69) is 24.9 Å². The van der Waals surface area contributed by atoms with Crippen molar-refractivity contribution in [2.24, 2.45) is 0 Å². The standard InChI is InChI=1S/C21H23FN6O/c1-15-13-16(2)24-21(23-15)27-11-9-26(10-12-27)19-7-8-20(29)28(25-19)14-17-3-5-18(22)6-4-17/h3-8,13H,9-12,14H2,1-2H3. The van der Waals surface area contributed by atoms with E-state index in [-0.39, 0.29) is 11.4 Å². The molecular weight excluding hydrogens is 371 g/mol. The summed E-state index contributed by atoms with van der Waals surface area (Å²) >= 11 is 0. The summed E-state index contributed by atoms with van der Waals surface area (Å²) in [7, 11) is 0. The van der Waals surface area contributed by atoms with Crippen LogP contribution < -0.4 is 15.4 Å². The lowest BCUT2D eigenvalue weighted by molar-refractivity contribution is 0.594. The lowest BCUT2D eigenvalue weighted by atomic mass is 10.2. The van der Waals surface area contributed by atoms with Crippen LogP contribution in [0.3, 0.4) is 0 Å². The molecule has 1 aromatic carbocycles. The lowest BCUT2D eigenvalue weighted by Crippen LogP contribution is -2.48. The fourth-order valence-corrected chi connectivity index (χ4v) is 3.47. The van der Waals surface area contributed by atoms with Gasteiger partial charge < -0.3 is 9.80 Å². The number of piperazine rings is 1. The Morgan fingerprint density at radius 3 is 2.17 bits per heavy atom. The predicted molar refractivity (Wildman–Crippen MR) is 110 cm³/mol. The second-order valence-electron chi connectivity index (χ2n) is 7.24. The van der Waals surface area contributed by atoms with E-state index in [4.69, 9.17) is 0 Å². The van der Waals surface area contributed by atoms with Gasteiger partial charge in [0.25, 0.3) is 5.56 Å². The van der Waals surface area contributed by atoms with Crippen molar-refractivity contribution >= 4 is 11.8 Å². The summed E-state index contributed by atoms with van der Waals surface area (Å²) in [4.78, 5) is 25.6. The highest BCUT2D eigenvalue weighted by atomic mass is 19.1. The maximum atomic E-state index is 13.1. The average molecular weight is 394 g/mol. The molecule has 0 atom stereocenters. The number of halogens is 1. The lowest BCUT2D eigenvalue weighted by Gasteiger charge is -2.35. The third-order valence-corrected chi connectivity index (χ3v) is 4.96. The molecule has 150 valence electrons. The molecule has 0 saturated carbocycles. The van der Waals surface area contributed by atoms with Crippen molar-refractivity contribution in [3.8, 4) is 0 Å². The van der Waals surface area contributed by atoms with Gasteiger partial charge in [-0.2, -0.15) is 5.10 Å². The smallest absolute Gasteiger partial charge is 0.267 e. The van der Waals surface area contributed by atoms with Gasteiger partial charge in [-0.05, 0) is 43.7 Å². The highest BCUT2D eigenvalue weighted by molar-refractivity contribution is 5.41. The first-order valence-electron chi connectivity index (χ1n) is 9.63. The molecule has 3 heterocycles. The Hall–Kier alpha value is -3.29. The fourth-order valence-electron chi connectivity index (χ4n) is 3.47. The van der Waals surface area contributed by atoms with Gasteiger partial charge in [0.1, 0.15) is 11.6 Å². The van der Waals surface area contributed by atoms with E-state index >= 15 is 0 Å². The van der Waals surface area contributed by atoms with Crippen molar-refractivity contribution in [2.75, 3.05) is 36.0 Å². The quantitative estimate of drug-likeness (QED) is 0.676. The first kappa shape index (κ1) is 19.0. The van der Waals surface area contributed by atoms with Crippen molar-refractivity contribution in [1.29, 1.82) is 0 Å². The van der Waals surface area contributed by atoms with Crippen LogP contribution in [0.4, 0.5) is 16.2 Å². The van der Waals surface area contributed by atoms with Crippen LogP contribution in [0.2, 0.25) is 0 Å². The van der Waals surface area contributed by atoms with Crippen LogP contribution >= 0.6 is 0 Å². The van der Waals surface area contributed by atoms with Crippen molar-refractivity contribution in [1.82, 2.24) is 19.7 Å². The number of rotatable bonds is 4. The Morgan fingerprint density at radius 1 is 0.897 bits per heavy atom. The third kappa shape index (κ3) is 4.42. The second kappa shape index (κ2) is 7.98. The molecule has 0 spiro atoms. The molecule has 0 amide bonds. The fraction of sp³-hybridized carbons (Fsp3) is 0.333. The van der Waals surface area contributed by atoms with Gasteiger partial charge in [0.15, 0.2) is 0 Å². The third-order valence-electron chi connectivity index (χ3n) is 4.96. The maximum absolute atomic E-state index is 13.1. The van der Waals surface area contributed by atoms with Gasteiger partial charge >= 0.3 is 0 Å². The van der Waals surface area contributed by atoms with Crippen molar-refractivity contribution in [2.45, 2.75) is 20.4 Å². The number of anilines is 2. The Bertz CT molecular complexity index is 1040. The minimum Gasteiger partial charge on any atom is -0.352 e. The Balaban J connectivity index is 1.47. The minimum absolute atomic E-state index is 0.180. The molecule has 0 aliphatic carbocycles. The van der Waals surface area contributed by atoms with Crippen LogP contribution in [0.25, 0.3) is 0 Å². The first-order chi connectivity index (χ1) is 14.0. The summed E-state index contributed by atoms with van der Waals surface area (Å²) in [6.45, 7) is 7.34. The SMILES string of the molecule is Cc1cc(C)nc(N2CCN(c3ccc(=O)n(Cc4ccc(F)cc4)n3)CC2)n1. The van der Waals surface area contributed by atoms with Crippen LogP contribution in [0.1, 0.15) is 17.0 Å². The molecule has 0 N–H and O–H groups in total. The molecule has 4 rings (SSSR count). The number of hydrogen-bond acceptors (Lipinski definition) is 6.